The molecule has 0 radical (unpaired) electrons. The molecule has 0 saturated carbocycles. The number of hydrogen-bond donors (Lipinski definition) is 3. The van der Waals surface area contributed by atoms with Crippen molar-refractivity contribution in [2.45, 2.75) is 0 Å². The van der Waals surface area contributed by atoms with Gasteiger partial charge in [0.15, 0.2) is 0 Å². The molecule has 0 bridgehead atoms. The molecule has 0 amide bonds. The Balaban J connectivity index is 2.49. The van der Waals surface area contributed by atoms with E-state index in [0.717, 1.165) is 0 Å². The number of carbonyl (C=O) groups is 1. The highest BCUT2D eigenvalue weighted by Crippen LogP contribution is 2.26. The third-order valence-corrected chi connectivity index (χ3v) is 2.45. The molecule has 0 spiro atoms. The van der Waals surface area contributed by atoms with Crippen LogP contribution in [0.5, 0.6) is 0 Å². The van der Waals surface area contributed by atoms with Crippen LogP contribution in [-0.2, 0) is 0 Å². The Kier molecular flexibility index (Phi) is 2.72. The molecule has 1 aromatic carbocycles. The lowest BCUT2D eigenvalue weighted by Gasteiger charge is -1.97. The van der Waals surface area contributed by atoms with E-state index in [-0.39, 0.29) is 17.1 Å². The highest BCUT2D eigenvalue weighted by atomic mass is 16.6. The molecule has 2 rings (SSSR count). The van der Waals surface area contributed by atoms with Crippen molar-refractivity contribution in [1.82, 2.24) is 4.98 Å². The standard InChI is InChI=1S/C11H9N3O4/c12-10-8(11(15)16)5-9(13-10)6-2-1-3-7(4-6)14(17)18/h1-5,13H,12H2,(H,15,16). The van der Waals surface area contributed by atoms with E-state index in [9.17, 15) is 14.9 Å². The van der Waals surface area contributed by atoms with Crippen LogP contribution in [0.25, 0.3) is 11.3 Å². The second-order valence-electron chi connectivity index (χ2n) is 3.62. The van der Waals surface area contributed by atoms with Crippen molar-refractivity contribution < 1.29 is 14.8 Å². The summed E-state index contributed by atoms with van der Waals surface area (Å²) >= 11 is 0. The minimum Gasteiger partial charge on any atom is -0.478 e. The molecule has 2 aromatic rings. The first-order valence-corrected chi connectivity index (χ1v) is 4.95. The van der Waals surface area contributed by atoms with Gasteiger partial charge in [-0.2, -0.15) is 0 Å². The zero-order chi connectivity index (χ0) is 13.3. The average Bonchev–Trinajstić information content (AvgIpc) is 2.71. The number of nitro benzene ring substituents is 1. The van der Waals surface area contributed by atoms with Crippen LogP contribution < -0.4 is 5.73 Å². The number of aromatic carboxylic acids is 1. The largest absolute Gasteiger partial charge is 0.478 e. The fourth-order valence-corrected chi connectivity index (χ4v) is 1.59. The van der Waals surface area contributed by atoms with Crippen LogP contribution in [0.3, 0.4) is 0 Å². The molecule has 0 aliphatic heterocycles. The molecular formula is C11H9N3O4. The molecule has 0 aliphatic rings. The number of rotatable bonds is 3. The Morgan fingerprint density at radius 2 is 2.11 bits per heavy atom. The second-order valence-corrected chi connectivity index (χ2v) is 3.62. The number of benzene rings is 1. The van der Waals surface area contributed by atoms with Crippen molar-refractivity contribution >= 4 is 17.5 Å². The van der Waals surface area contributed by atoms with E-state index in [0.29, 0.717) is 11.3 Å². The van der Waals surface area contributed by atoms with Gasteiger partial charge in [-0.25, -0.2) is 4.79 Å². The van der Waals surface area contributed by atoms with Crippen LogP contribution in [0.1, 0.15) is 10.4 Å². The van der Waals surface area contributed by atoms with Gasteiger partial charge in [-0.05, 0) is 6.07 Å². The van der Waals surface area contributed by atoms with Gasteiger partial charge in [0, 0.05) is 23.4 Å². The van der Waals surface area contributed by atoms with Crippen LogP contribution in [0.4, 0.5) is 11.5 Å². The van der Waals surface area contributed by atoms with E-state index in [1.165, 1.54) is 24.3 Å². The summed E-state index contributed by atoms with van der Waals surface area (Å²) in [6.07, 6.45) is 0. The highest BCUT2D eigenvalue weighted by molar-refractivity contribution is 5.94. The molecule has 0 atom stereocenters. The van der Waals surface area contributed by atoms with Crippen LogP contribution >= 0.6 is 0 Å². The van der Waals surface area contributed by atoms with Gasteiger partial charge in [0.25, 0.3) is 5.69 Å². The minimum atomic E-state index is -1.15. The van der Waals surface area contributed by atoms with Gasteiger partial charge in [0.2, 0.25) is 0 Å². The summed E-state index contributed by atoms with van der Waals surface area (Å²) in [5.74, 6) is -1.13. The molecule has 7 nitrogen and oxygen atoms in total. The maximum absolute atomic E-state index is 10.8. The molecule has 0 saturated heterocycles. The molecular weight excluding hydrogens is 238 g/mol. The number of nitrogens with zero attached hydrogens (tertiary/aromatic N) is 1. The molecule has 7 heteroatoms. The van der Waals surface area contributed by atoms with Gasteiger partial charge >= 0.3 is 5.97 Å². The van der Waals surface area contributed by atoms with Gasteiger partial charge < -0.3 is 15.8 Å². The van der Waals surface area contributed by atoms with E-state index >= 15 is 0 Å². The number of non-ortho nitro benzene ring substituents is 1. The maximum atomic E-state index is 10.8. The number of hydrogen-bond acceptors (Lipinski definition) is 4. The van der Waals surface area contributed by atoms with Crippen molar-refractivity contribution in [2.75, 3.05) is 5.73 Å². The number of nitrogens with one attached hydrogen (secondary N) is 1. The monoisotopic (exact) mass is 247 g/mol. The number of aromatic amines is 1. The van der Waals surface area contributed by atoms with Crippen molar-refractivity contribution in [2.24, 2.45) is 0 Å². The molecule has 18 heavy (non-hydrogen) atoms. The number of nitrogens with two attached hydrogens (primary N) is 1. The first-order chi connectivity index (χ1) is 8.49. The van der Waals surface area contributed by atoms with Crippen molar-refractivity contribution in [3.63, 3.8) is 0 Å². The molecule has 1 heterocycles. The van der Waals surface area contributed by atoms with E-state index < -0.39 is 10.9 Å². The fraction of sp³-hybridized carbons (Fsp3) is 0. The number of nitrogen functional groups attached to an aromatic ring is 1. The minimum absolute atomic E-state index is 0.0176. The SMILES string of the molecule is Nc1[nH]c(-c2cccc([N+](=O)[O-])c2)cc1C(=O)O. The molecule has 92 valence electrons. The third-order valence-electron chi connectivity index (χ3n) is 2.45. The molecule has 0 unspecified atom stereocenters. The Morgan fingerprint density at radius 1 is 1.39 bits per heavy atom. The average molecular weight is 247 g/mol. The molecule has 1 aromatic heterocycles. The van der Waals surface area contributed by atoms with Crippen LogP contribution in [0.15, 0.2) is 30.3 Å². The topological polar surface area (TPSA) is 122 Å². The summed E-state index contributed by atoms with van der Waals surface area (Å²) in [4.78, 5) is 23.6. The smallest absolute Gasteiger partial charge is 0.339 e. The van der Waals surface area contributed by atoms with Crippen molar-refractivity contribution in [3.8, 4) is 11.3 Å². The molecule has 4 N–H and O–H groups in total. The van der Waals surface area contributed by atoms with E-state index in [2.05, 4.69) is 4.98 Å². The quantitative estimate of drug-likeness (QED) is 0.564. The third kappa shape index (κ3) is 2.01. The Bertz CT molecular complexity index is 633. The predicted molar refractivity (Wildman–Crippen MR) is 64.3 cm³/mol. The van der Waals surface area contributed by atoms with Crippen LogP contribution in [0, 0.1) is 10.1 Å². The zero-order valence-corrected chi connectivity index (χ0v) is 9.08. The summed E-state index contributed by atoms with van der Waals surface area (Å²) < 4.78 is 0. The zero-order valence-electron chi connectivity index (χ0n) is 9.08. The van der Waals surface area contributed by atoms with Crippen LogP contribution in [0.2, 0.25) is 0 Å². The number of aromatic nitrogens is 1. The van der Waals surface area contributed by atoms with Crippen LogP contribution in [-0.4, -0.2) is 21.0 Å². The normalized spacial score (nSPS) is 10.2. The van der Waals surface area contributed by atoms with Crippen molar-refractivity contribution in [1.29, 1.82) is 0 Å². The van der Waals surface area contributed by atoms with Crippen molar-refractivity contribution in [3.05, 3.63) is 46.0 Å². The number of nitro groups is 1. The Morgan fingerprint density at radius 3 is 2.67 bits per heavy atom. The van der Waals surface area contributed by atoms with E-state index in [4.69, 9.17) is 10.8 Å². The van der Waals surface area contributed by atoms with Gasteiger partial charge in [0.1, 0.15) is 11.4 Å². The summed E-state index contributed by atoms with van der Waals surface area (Å²) in [5.41, 5.74) is 6.30. The molecule has 0 fully saturated rings. The van der Waals surface area contributed by atoms with Gasteiger partial charge in [-0.1, -0.05) is 12.1 Å². The lowest BCUT2D eigenvalue weighted by molar-refractivity contribution is -0.384. The predicted octanol–water partition coefficient (Wildman–Crippen LogP) is 1.87. The lowest BCUT2D eigenvalue weighted by atomic mass is 10.1. The fourth-order valence-electron chi connectivity index (χ4n) is 1.59. The van der Waals surface area contributed by atoms with E-state index in [1.807, 2.05) is 0 Å². The Labute approximate surface area is 101 Å². The number of carboxylic acids is 1. The summed E-state index contributed by atoms with van der Waals surface area (Å²) in [7, 11) is 0. The van der Waals surface area contributed by atoms with Gasteiger partial charge in [-0.15, -0.1) is 0 Å². The maximum Gasteiger partial charge on any atom is 0.339 e. The molecule has 0 aliphatic carbocycles. The van der Waals surface area contributed by atoms with Gasteiger partial charge in [-0.3, -0.25) is 10.1 Å². The first kappa shape index (κ1) is 11.6. The number of H-pyrrole nitrogens is 1. The second kappa shape index (κ2) is 4.21. The summed E-state index contributed by atoms with van der Waals surface area (Å²) in [6, 6.07) is 7.19. The summed E-state index contributed by atoms with van der Waals surface area (Å²) in [6.45, 7) is 0. The first-order valence-electron chi connectivity index (χ1n) is 4.95. The van der Waals surface area contributed by atoms with Gasteiger partial charge in [0.05, 0.1) is 4.92 Å². The Hall–Kier alpha value is -2.83. The number of anilines is 1. The number of carboxylic acid groups (broad SMARTS) is 1. The summed E-state index contributed by atoms with van der Waals surface area (Å²) in [5, 5.41) is 19.5. The van der Waals surface area contributed by atoms with E-state index in [1.54, 1.807) is 6.07 Å². The highest BCUT2D eigenvalue weighted by Gasteiger charge is 2.14. The lowest BCUT2D eigenvalue weighted by Crippen LogP contribution is -1.98.